The van der Waals surface area contributed by atoms with Crippen LogP contribution in [0.4, 0.5) is 0 Å². The molecular formula is C16H21N3S. The first-order valence-electron chi connectivity index (χ1n) is 7.21. The zero-order chi connectivity index (χ0) is 13.8. The van der Waals surface area contributed by atoms with Crippen molar-refractivity contribution in [1.82, 2.24) is 14.9 Å². The van der Waals surface area contributed by atoms with Crippen molar-refractivity contribution in [3.63, 3.8) is 0 Å². The van der Waals surface area contributed by atoms with Crippen molar-refractivity contribution in [2.45, 2.75) is 19.4 Å². The summed E-state index contributed by atoms with van der Waals surface area (Å²) in [5.74, 6) is 2.27. The Balaban J connectivity index is 1.70. The quantitative estimate of drug-likeness (QED) is 0.857. The van der Waals surface area contributed by atoms with Crippen LogP contribution in [0.3, 0.4) is 0 Å². The lowest BCUT2D eigenvalue weighted by atomic mass is 10.1. The van der Waals surface area contributed by atoms with Gasteiger partial charge in [-0.15, -0.1) is 0 Å². The molecule has 4 heteroatoms. The van der Waals surface area contributed by atoms with Crippen LogP contribution in [0.15, 0.2) is 30.3 Å². The molecule has 0 amide bonds. The van der Waals surface area contributed by atoms with Crippen molar-refractivity contribution in [2.24, 2.45) is 0 Å². The van der Waals surface area contributed by atoms with Crippen molar-refractivity contribution in [3.05, 3.63) is 41.7 Å². The summed E-state index contributed by atoms with van der Waals surface area (Å²) in [6, 6.07) is 10.4. The number of imidazole rings is 1. The minimum Gasteiger partial charge on any atom is -0.341 e. The summed E-state index contributed by atoms with van der Waals surface area (Å²) in [4.78, 5) is 10.8. The second-order valence-corrected chi connectivity index (χ2v) is 6.23. The van der Waals surface area contributed by atoms with Gasteiger partial charge in [0.2, 0.25) is 0 Å². The Morgan fingerprint density at radius 1 is 1.30 bits per heavy atom. The molecule has 1 aliphatic heterocycles. The molecular weight excluding hydrogens is 266 g/mol. The molecule has 1 aromatic heterocycles. The molecule has 1 N–H and O–H groups in total. The van der Waals surface area contributed by atoms with Crippen molar-refractivity contribution < 1.29 is 0 Å². The molecule has 2 heterocycles. The molecule has 3 nitrogen and oxygen atoms in total. The molecule has 2 aromatic rings. The van der Waals surface area contributed by atoms with Gasteiger partial charge in [0.1, 0.15) is 5.82 Å². The molecule has 20 heavy (non-hydrogen) atoms. The normalized spacial score (nSPS) is 15.2. The molecule has 3 rings (SSSR count). The molecule has 0 spiro atoms. The van der Waals surface area contributed by atoms with Gasteiger partial charge in [-0.1, -0.05) is 30.3 Å². The fourth-order valence-corrected chi connectivity index (χ4v) is 3.12. The Morgan fingerprint density at radius 2 is 2.15 bits per heavy atom. The highest BCUT2D eigenvalue weighted by molar-refractivity contribution is 7.98. The Hall–Kier alpha value is -1.26. The smallest absolute Gasteiger partial charge is 0.137 e. The highest BCUT2D eigenvalue weighted by Crippen LogP contribution is 2.22. The molecule has 0 atom stereocenters. The van der Waals surface area contributed by atoms with Crippen LogP contribution in [0, 0.1) is 0 Å². The summed E-state index contributed by atoms with van der Waals surface area (Å²) in [5, 5.41) is 0. The van der Waals surface area contributed by atoms with Crippen LogP contribution in [0.5, 0.6) is 0 Å². The van der Waals surface area contributed by atoms with Crippen LogP contribution in [0.1, 0.15) is 17.8 Å². The summed E-state index contributed by atoms with van der Waals surface area (Å²) < 4.78 is 0. The second kappa shape index (κ2) is 6.46. The van der Waals surface area contributed by atoms with E-state index in [9.17, 15) is 0 Å². The third kappa shape index (κ3) is 3.07. The maximum Gasteiger partial charge on any atom is 0.137 e. The predicted molar refractivity (Wildman–Crippen MR) is 86.0 cm³/mol. The topological polar surface area (TPSA) is 31.9 Å². The number of hydrogen-bond donors (Lipinski definition) is 1. The Kier molecular flexibility index (Phi) is 4.43. The molecule has 1 aromatic carbocycles. The number of nitrogens with one attached hydrogen (secondary N) is 1. The van der Waals surface area contributed by atoms with Gasteiger partial charge in [0, 0.05) is 25.1 Å². The molecule has 106 valence electrons. The number of nitrogens with zero attached hydrogens (tertiary/aromatic N) is 2. The number of hydrogen-bond acceptors (Lipinski definition) is 3. The molecule has 0 bridgehead atoms. The fraction of sp³-hybridized carbons (Fsp3) is 0.438. The summed E-state index contributed by atoms with van der Waals surface area (Å²) >= 11 is 1.93. The van der Waals surface area contributed by atoms with Gasteiger partial charge >= 0.3 is 0 Å². The standard InChI is InChI=1S/C16H21N3S/c1-20-11-5-9-19-10-8-14-15(12-19)18-16(17-14)13-6-3-2-4-7-13/h2-4,6-7H,5,8-12H2,1H3,(H,17,18). The molecule has 0 saturated heterocycles. The van der Waals surface area contributed by atoms with Crippen LogP contribution >= 0.6 is 11.8 Å². The van der Waals surface area contributed by atoms with Crippen molar-refractivity contribution in [2.75, 3.05) is 25.1 Å². The van der Waals surface area contributed by atoms with Crippen LogP contribution in [0.25, 0.3) is 11.4 Å². The van der Waals surface area contributed by atoms with E-state index < -0.39 is 0 Å². The highest BCUT2D eigenvalue weighted by Gasteiger charge is 2.20. The minimum atomic E-state index is 1.02. The van der Waals surface area contributed by atoms with Gasteiger partial charge < -0.3 is 4.98 Å². The van der Waals surface area contributed by atoms with E-state index in [1.807, 2.05) is 17.8 Å². The van der Waals surface area contributed by atoms with Crippen LogP contribution in [-0.2, 0) is 13.0 Å². The maximum absolute atomic E-state index is 4.77. The largest absolute Gasteiger partial charge is 0.341 e. The molecule has 0 aliphatic carbocycles. The lowest BCUT2D eigenvalue weighted by Gasteiger charge is -2.25. The molecule has 1 aliphatic rings. The average Bonchev–Trinajstić information content (AvgIpc) is 2.92. The third-order valence-electron chi connectivity index (χ3n) is 3.78. The second-order valence-electron chi connectivity index (χ2n) is 5.25. The lowest BCUT2D eigenvalue weighted by molar-refractivity contribution is 0.251. The minimum absolute atomic E-state index is 1.02. The van der Waals surface area contributed by atoms with E-state index >= 15 is 0 Å². The summed E-state index contributed by atoms with van der Waals surface area (Å²) in [5.41, 5.74) is 3.74. The maximum atomic E-state index is 4.77. The third-order valence-corrected chi connectivity index (χ3v) is 4.48. The van der Waals surface area contributed by atoms with Gasteiger partial charge in [-0.3, -0.25) is 4.90 Å². The molecule has 0 radical (unpaired) electrons. The van der Waals surface area contributed by atoms with Gasteiger partial charge in [-0.2, -0.15) is 11.8 Å². The number of H-pyrrole nitrogens is 1. The fourth-order valence-electron chi connectivity index (χ4n) is 2.71. The van der Waals surface area contributed by atoms with Crippen molar-refractivity contribution in [3.8, 4) is 11.4 Å². The van der Waals surface area contributed by atoms with Gasteiger partial charge in [0.05, 0.1) is 11.4 Å². The van der Waals surface area contributed by atoms with E-state index in [-0.39, 0.29) is 0 Å². The average molecular weight is 287 g/mol. The zero-order valence-electron chi connectivity index (χ0n) is 11.9. The molecule has 0 saturated carbocycles. The van der Waals surface area contributed by atoms with E-state index in [1.54, 1.807) is 0 Å². The van der Waals surface area contributed by atoms with Crippen molar-refractivity contribution in [1.29, 1.82) is 0 Å². The number of rotatable bonds is 5. The number of aromatic nitrogens is 2. The number of fused-ring (bicyclic) bond motifs is 1. The van der Waals surface area contributed by atoms with Crippen LogP contribution in [-0.4, -0.2) is 40.0 Å². The first-order valence-corrected chi connectivity index (χ1v) is 8.60. The SMILES string of the molecule is CSCCCN1CCc2nc(-c3ccccc3)[nH]c2C1. The van der Waals surface area contributed by atoms with E-state index in [1.165, 1.54) is 35.7 Å². The summed E-state index contributed by atoms with van der Waals surface area (Å²) in [7, 11) is 0. The first-order chi connectivity index (χ1) is 9.86. The number of aromatic amines is 1. The highest BCUT2D eigenvalue weighted by atomic mass is 32.2. The Labute approximate surface area is 124 Å². The van der Waals surface area contributed by atoms with Gasteiger partial charge in [0.25, 0.3) is 0 Å². The number of benzene rings is 1. The molecule has 0 unspecified atom stereocenters. The summed E-state index contributed by atoms with van der Waals surface area (Å²) in [6.45, 7) is 3.35. The van der Waals surface area contributed by atoms with Gasteiger partial charge in [-0.25, -0.2) is 4.98 Å². The van der Waals surface area contributed by atoms with Gasteiger partial charge in [0.15, 0.2) is 0 Å². The zero-order valence-corrected chi connectivity index (χ0v) is 12.7. The van der Waals surface area contributed by atoms with Gasteiger partial charge in [-0.05, 0) is 25.0 Å². The van der Waals surface area contributed by atoms with Crippen LogP contribution in [0.2, 0.25) is 0 Å². The first kappa shape index (κ1) is 13.7. The lowest BCUT2D eigenvalue weighted by Crippen LogP contribution is -2.31. The van der Waals surface area contributed by atoms with E-state index in [2.05, 4.69) is 40.4 Å². The summed E-state index contributed by atoms with van der Waals surface area (Å²) in [6.07, 6.45) is 4.52. The predicted octanol–water partition coefficient (Wildman–Crippen LogP) is 3.19. The van der Waals surface area contributed by atoms with Crippen LogP contribution < -0.4 is 0 Å². The molecule has 0 fully saturated rings. The van der Waals surface area contributed by atoms with E-state index in [0.29, 0.717) is 0 Å². The Morgan fingerprint density at radius 3 is 2.95 bits per heavy atom. The number of thioether (sulfide) groups is 1. The Bertz CT molecular complexity index is 550. The van der Waals surface area contributed by atoms with Crippen molar-refractivity contribution >= 4 is 11.8 Å². The monoisotopic (exact) mass is 287 g/mol. The van der Waals surface area contributed by atoms with E-state index in [4.69, 9.17) is 4.98 Å². The van der Waals surface area contributed by atoms with E-state index in [0.717, 1.165) is 25.3 Å².